The Hall–Kier alpha value is -2.24. The van der Waals surface area contributed by atoms with E-state index in [2.05, 4.69) is 5.32 Å². The first kappa shape index (κ1) is 11.8. The third-order valence-corrected chi connectivity index (χ3v) is 3.35. The second-order valence-corrected chi connectivity index (χ2v) is 4.73. The van der Waals surface area contributed by atoms with Crippen molar-refractivity contribution in [2.75, 3.05) is 25.7 Å². The molecule has 1 N–H and O–H groups in total. The number of amides is 2. The first-order valence-electron chi connectivity index (χ1n) is 6.08. The van der Waals surface area contributed by atoms with Crippen molar-refractivity contribution in [1.82, 2.24) is 4.90 Å². The lowest BCUT2D eigenvalue weighted by molar-refractivity contribution is -0.127. The molecule has 6 nitrogen and oxygen atoms in total. The minimum absolute atomic E-state index is 0.00540. The van der Waals surface area contributed by atoms with Gasteiger partial charge in [-0.1, -0.05) is 0 Å². The van der Waals surface area contributed by atoms with E-state index >= 15 is 0 Å². The molecule has 1 saturated heterocycles. The molecule has 6 heteroatoms. The van der Waals surface area contributed by atoms with Crippen molar-refractivity contribution in [3.05, 3.63) is 18.2 Å². The van der Waals surface area contributed by atoms with Crippen LogP contribution < -0.4 is 14.8 Å². The molecule has 2 aliphatic rings. The van der Waals surface area contributed by atoms with Gasteiger partial charge in [0.25, 0.3) is 0 Å². The number of fused-ring (bicyclic) bond motifs is 1. The summed E-state index contributed by atoms with van der Waals surface area (Å²) >= 11 is 0. The third-order valence-electron chi connectivity index (χ3n) is 3.35. The highest BCUT2D eigenvalue weighted by Crippen LogP contribution is 2.34. The van der Waals surface area contributed by atoms with Gasteiger partial charge in [0.05, 0.1) is 5.92 Å². The Morgan fingerprint density at radius 3 is 2.89 bits per heavy atom. The van der Waals surface area contributed by atoms with Gasteiger partial charge in [-0.2, -0.15) is 0 Å². The van der Waals surface area contributed by atoms with Gasteiger partial charge in [0.2, 0.25) is 18.6 Å². The maximum Gasteiger partial charge on any atom is 0.231 e. The van der Waals surface area contributed by atoms with Crippen molar-refractivity contribution in [2.24, 2.45) is 5.92 Å². The maximum atomic E-state index is 12.0. The molecule has 1 atom stereocenters. The van der Waals surface area contributed by atoms with Gasteiger partial charge in [-0.05, 0) is 12.1 Å². The highest BCUT2D eigenvalue weighted by molar-refractivity contribution is 5.97. The molecule has 19 heavy (non-hydrogen) atoms. The maximum absolute atomic E-state index is 12.0. The topological polar surface area (TPSA) is 67.9 Å². The third kappa shape index (κ3) is 2.21. The molecule has 3 rings (SSSR count). The number of carbonyl (C=O) groups is 2. The van der Waals surface area contributed by atoms with E-state index in [9.17, 15) is 9.59 Å². The summed E-state index contributed by atoms with van der Waals surface area (Å²) in [6.45, 7) is 0.671. The second kappa shape index (κ2) is 4.46. The van der Waals surface area contributed by atoms with Crippen LogP contribution >= 0.6 is 0 Å². The molecule has 2 heterocycles. The van der Waals surface area contributed by atoms with Gasteiger partial charge < -0.3 is 19.7 Å². The van der Waals surface area contributed by atoms with Crippen molar-refractivity contribution < 1.29 is 19.1 Å². The lowest BCUT2D eigenvalue weighted by Crippen LogP contribution is -2.25. The molecular formula is C13H14N2O4. The number of nitrogens with zero attached hydrogens (tertiary/aromatic N) is 1. The molecule has 0 aliphatic carbocycles. The lowest BCUT2D eigenvalue weighted by atomic mass is 10.1. The quantitative estimate of drug-likeness (QED) is 0.857. The molecule has 0 spiro atoms. The predicted octanol–water partition coefficient (Wildman–Crippen LogP) is 0.832. The van der Waals surface area contributed by atoms with Crippen LogP contribution in [0.4, 0.5) is 5.69 Å². The number of likely N-dealkylation sites (tertiary alicyclic amines) is 1. The van der Waals surface area contributed by atoms with E-state index in [1.54, 1.807) is 30.1 Å². The normalized spacial score (nSPS) is 20.8. The van der Waals surface area contributed by atoms with Crippen LogP contribution in [0.25, 0.3) is 0 Å². The summed E-state index contributed by atoms with van der Waals surface area (Å²) in [7, 11) is 1.70. The fourth-order valence-electron chi connectivity index (χ4n) is 2.26. The first-order chi connectivity index (χ1) is 9.13. The van der Waals surface area contributed by atoms with Crippen molar-refractivity contribution in [3.63, 3.8) is 0 Å². The van der Waals surface area contributed by atoms with Crippen LogP contribution in [0.2, 0.25) is 0 Å². The SMILES string of the molecule is CN1C[C@@H](C(=O)Nc2ccc3c(c2)OCO3)CC1=O. The average Bonchev–Trinajstić information content (AvgIpc) is 2.96. The highest BCUT2D eigenvalue weighted by Gasteiger charge is 2.32. The smallest absolute Gasteiger partial charge is 0.231 e. The van der Waals surface area contributed by atoms with Crippen molar-refractivity contribution in [3.8, 4) is 11.5 Å². The molecule has 1 fully saturated rings. The summed E-state index contributed by atoms with van der Waals surface area (Å²) in [4.78, 5) is 25.0. The number of carbonyl (C=O) groups excluding carboxylic acids is 2. The Balaban J connectivity index is 1.68. The van der Waals surface area contributed by atoms with Gasteiger partial charge in [0.15, 0.2) is 11.5 Å². The largest absolute Gasteiger partial charge is 0.454 e. The predicted molar refractivity (Wildman–Crippen MR) is 66.9 cm³/mol. The summed E-state index contributed by atoms with van der Waals surface area (Å²) in [5.74, 6) is 0.872. The molecular weight excluding hydrogens is 248 g/mol. The number of rotatable bonds is 2. The van der Waals surface area contributed by atoms with E-state index in [-0.39, 0.29) is 30.9 Å². The van der Waals surface area contributed by atoms with Crippen molar-refractivity contribution in [2.45, 2.75) is 6.42 Å². The molecule has 100 valence electrons. The molecule has 1 aromatic carbocycles. The zero-order valence-corrected chi connectivity index (χ0v) is 10.5. The van der Waals surface area contributed by atoms with Crippen molar-refractivity contribution in [1.29, 1.82) is 0 Å². The van der Waals surface area contributed by atoms with E-state index in [0.717, 1.165) is 0 Å². The molecule has 0 radical (unpaired) electrons. The Morgan fingerprint density at radius 2 is 2.16 bits per heavy atom. The fraction of sp³-hybridized carbons (Fsp3) is 0.385. The summed E-state index contributed by atoms with van der Waals surface area (Å²) in [6.07, 6.45) is 0.271. The van der Waals surface area contributed by atoms with E-state index in [4.69, 9.17) is 9.47 Å². The molecule has 1 aromatic rings. The fourth-order valence-corrected chi connectivity index (χ4v) is 2.26. The Morgan fingerprint density at radius 1 is 1.37 bits per heavy atom. The van der Waals surface area contributed by atoms with Gasteiger partial charge in [-0.25, -0.2) is 0 Å². The molecule has 0 saturated carbocycles. The molecule has 2 aliphatic heterocycles. The van der Waals surface area contributed by atoms with Crippen LogP contribution in [0, 0.1) is 5.92 Å². The monoisotopic (exact) mass is 262 g/mol. The van der Waals surface area contributed by atoms with Gasteiger partial charge in [0, 0.05) is 31.8 Å². The highest BCUT2D eigenvalue weighted by atomic mass is 16.7. The van der Waals surface area contributed by atoms with Crippen LogP contribution in [0.3, 0.4) is 0 Å². The van der Waals surface area contributed by atoms with Crippen LogP contribution in [-0.4, -0.2) is 37.1 Å². The van der Waals surface area contributed by atoms with E-state index in [1.807, 2.05) is 0 Å². The van der Waals surface area contributed by atoms with Gasteiger partial charge in [-0.3, -0.25) is 9.59 Å². The van der Waals surface area contributed by atoms with Gasteiger partial charge >= 0.3 is 0 Å². The van der Waals surface area contributed by atoms with E-state index in [1.165, 1.54) is 0 Å². The lowest BCUT2D eigenvalue weighted by Gasteiger charge is -2.11. The summed E-state index contributed by atoms with van der Waals surface area (Å²) < 4.78 is 10.4. The number of nitrogens with one attached hydrogen (secondary N) is 1. The minimum atomic E-state index is -0.289. The minimum Gasteiger partial charge on any atom is -0.454 e. The zero-order valence-electron chi connectivity index (χ0n) is 10.5. The average molecular weight is 262 g/mol. The van der Waals surface area contributed by atoms with Crippen molar-refractivity contribution >= 4 is 17.5 Å². The molecule has 0 unspecified atom stereocenters. The Bertz CT molecular complexity index is 543. The standard InChI is InChI=1S/C13H14N2O4/c1-15-6-8(4-12(15)16)13(17)14-9-2-3-10-11(5-9)19-7-18-10/h2-3,5,8H,4,6-7H2,1H3,(H,14,17)/t8-/m0/s1. The summed E-state index contributed by atoms with van der Waals surface area (Å²) in [5, 5.41) is 2.80. The second-order valence-electron chi connectivity index (χ2n) is 4.73. The number of hydrogen-bond donors (Lipinski definition) is 1. The molecule has 2 amide bonds. The first-order valence-corrected chi connectivity index (χ1v) is 6.08. The van der Waals surface area contributed by atoms with Crippen LogP contribution in [0.15, 0.2) is 18.2 Å². The number of hydrogen-bond acceptors (Lipinski definition) is 4. The molecule has 0 bridgehead atoms. The van der Waals surface area contributed by atoms with Gasteiger partial charge in [-0.15, -0.1) is 0 Å². The summed E-state index contributed by atoms with van der Waals surface area (Å²) in [6, 6.07) is 5.23. The Labute approximate surface area is 110 Å². The number of benzene rings is 1. The van der Waals surface area contributed by atoms with E-state index < -0.39 is 0 Å². The number of ether oxygens (including phenoxy) is 2. The number of anilines is 1. The van der Waals surface area contributed by atoms with E-state index in [0.29, 0.717) is 23.7 Å². The zero-order chi connectivity index (χ0) is 13.4. The van der Waals surface area contributed by atoms with Gasteiger partial charge in [0.1, 0.15) is 0 Å². The summed E-state index contributed by atoms with van der Waals surface area (Å²) in [5.41, 5.74) is 0.649. The molecule has 0 aromatic heterocycles. The van der Waals surface area contributed by atoms with Crippen LogP contribution in [0.1, 0.15) is 6.42 Å². The Kier molecular flexibility index (Phi) is 2.77. The van der Waals surface area contributed by atoms with Crippen LogP contribution in [-0.2, 0) is 9.59 Å². The van der Waals surface area contributed by atoms with Crippen LogP contribution in [0.5, 0.6) is 11.5 Å².